The lowest BCUT2D eigenvalue weighted by Gasteiger charge is -2.61. The van der Waals surface area contributed by atoms with E-state index in [0.29, 0.717) is 16.9 Å². The van der Waals surface area contributed by atoms with Gasteiger partial charge < -0.3 is 16.4 Å². The van der Waals surface area contributed by atoms with Gasteiger partial charge in [0.25, 0.3) is 0 Å². The zero-order valence-electron chi connectivity index (χ0n) is 16.5. The number of allylic oxidation sites excluding steroid dienone is 1. The summed E-state index contributed by atoms with van der Waals surface area (Å²) < 4.78 is 0. The summed E-state index contributed by atoms with van der Waals surface area (Å²) in [5.74, 6) is 1.57. The molecule has 2 aromatic carbocycles. The molecule has 0 aliphatic heterocycles. The number of nitrogens with one attached hydrogen (secondary N) is 2. The molecule has 0 saturated heterocycles. The number of carbonyl (C=O) groups is 1. The number of benzene rings is 2. The topological polar surface area (TPSA) is 67.1 Å². The lowest BCUT2D eigenvalue weighted by Crippen LogP contribution is -2.63. The Kier molecular flexibility index (Phi) is 4.51. The predicted octanol–water partition coefficient (Wildman–Crippen LogP) is 4.51. The molecule has 148 valence electrons. The Labute approximate surface area is 171 Å². The minimum atomic E-state index is -0.187. The number of nitrogen functional groups attached to an aromatic ring is 1. The highest BCUT2D eigenvalue weighted by atomic mass is 16.1. The summed E-state index contributed by atoms with van der Waals surface area (Å²) >= 11 is 0. The van der Waals surface area contributed by atoms with Gasteiger partial charge in [0.15, 0.2) is 0 Å². The predicted molar refractivity (Wildman–Crippen MR) is 118 cm³/mol. The number of rotatable bonds is 6. The molecule has 29 heavy (non-hydrogen) atoms. The smallest absolute Gasteiger partial charge is 0.248 e. The van der Waals surface area contributed by atoms with Crippen LogP contribution in [0.3, 0.4) is 0 Å². The lowest BCUT2D eigenvalue weighted by atomic mass is 9.49. The van der Waals surface area contributed by atoms with Crippen molar-refractivity contribution in [3.63, 3.8) is 0 Å². The summed E-state index contributed by atoms with van der Waals surface area (Å²) in [6, 6.07) is 15.7. The summed E-state index contributed by atoms with van der Waals surface area (Å²) in [5, 5.41) is 6.66. The molecule has 0 aromatic heterocycles. The van der Waals surface area contributed by atoms with Crippen LogP contribution in [0.15, 0.2) is 66.3 Å². The third-order valence-corrected chi connectivity index (χ3v) is 6.77. The number of carbonyl (C=O) groups excluding carboxylic acids is 1. The van der Waals surface area contributed by atoms with Crippen molar-refractivity contribution in [1.82, 2.24) is 5.32 Å². The second kappa shape index (κ2) is 7.20. The average Bonchev–Trinajstić information content (AvgIpc) is 2.73. The maximum absolute atomic E-state index is 12.1. The summed E-state index contributed by atoms with van der Waals surface area (Å²) in [5.41, 5.74) is 11.3. The van der Waals surface area contributed by atoms with Gasteiger partial charge in [-0.15, -0.1) is 0 Å². The van der Waals surface area contributed by atoms with Crippen molar-refractivity contribution < 1.29 is 4.79 Å². The van der Waals surface area contributed by atoms with Crippen molar-refractivity contribution in [2.45, 2.75) is 37.8 Å². The van der Waals surface area contributed by atoms with Crippen LogP contribution in [0.2, 0.25) is 0 Å². The van der Waals surface area contributed by atoms with Crippen LogP contribution in [-0.4, -0.2) is 11.4 Å². The van der Waals surface area contributed by atoms with E-state index in [0.717, 1.165) is 23.9 Å². The number of hydrogen-bond acceptors (Lipinski definition) is 3. The normalized spacial score (nSPS) is 26.8. The molecule has 4 heteroatoms. The van der Waals surface area contributed by atoms with E-state index in [9.17, 15) is 4.79 Å². The van der Waals surface area contributed by atoms with Gasteiger partial charge in [-0.1, -0.05) is 48.0 Å². The number of nitrogens with two attached hydrogens (primary N) is 1. The fraction of sp³-hybridized carbons (Fsp3) is 0.320. The van der Waals surface area contributed by atoms with Gasteiger partial charge in [-0.3, -0.25) is 4.79 Å². The molecule has 4 aliphatic carbocycles. The Hall–Kier alpha value is -2.85. The highest BCUT2D eigenvalue weighted by Crippen LogP contribution is 2.59. The zero-order chi connectivity index (χ0) is 19.8. The molecule has 0 spiro atoms. The first kappa shape index (κ1) is 18.2. The third-order valence-electron chi connectivity index (χ3n) is 6.77. The van der Waals surface area contributed by atoms with Gasteiger partial charge >= 0.3 is 0 Å². The molecule has 0 heterocycles. The van der Waals surface area contributed by atoms with Crippen LogP contribution in [0, 0.1) is 11.8 Å². The van der Waals surface area contributed by atoms with E-state index in [-0.39, 0.29) is 5.91 Å². The molecule has 2 fully saturated rings. The summed E-state index contributed by atoms with van der Waals surface area (Å²) in [4.78, 5) is 12.1. The molecule has 4 bridgehead atoms. The number of para-hydroxylation sites is 2. The van der Waals surface area contributed by atoms with Gasteiger partial charge in [-0.2, -0.15) is 0 Å². The second-order valence-electron chi connectivity index (χ2n) is 8.69. The van der Waals surface area contributed by atoms with E-state index in [1.807, 2.05) is 18.2 Å². The maximum atomic E-state index is 12.1. The van der Waals surface area contributed by atoms with E-state index < -0.39 is 0 Å². The first-order chi connectivity index (χ1) is 14.1. The Morgan fingerprint density at radius 2 is 1.97 bits per heavy atom. The van der Waals surface area contributed by atoms with E-state index in [4.69, 9.17) is 5.73 Å². The zero-order valence-corrected chi connectivity index (χ0v) is 16.5. The van der Waals surface area contributed by atoms with Crippen LogP contribution in [0.4, 0.5) is 11.4 Å². The minimum Gasteiger partial charge on any atom is -0.397 e. The molecule has 4 nitrogen and oxygen atoms in total. The quantitative estimate of drug-likeness (QED) is 0.389. The van der Waals surface area contributed by atoms with Crippen LogP contribution >= 0.6 is 0 Å². The maximum Gasteiger partial charge on any atom is 0.248 e. The van der Waals surface area contributed by atoms with Crippen LogP contribution in [-0.2, 0) is 11.3 Å². The molecule has 2 saturated carbocycles. The van der Waals surface area contributed by atoms with E-state index in [1.54, 1.807) is 23.8 Å². The number of anilines is 2. The third kappa shape index (κ3) is 3.49. The molecule has 3 unspecified atom stereocenters. The Balaban J connectivity index is 1.16. The van der Waals surface area contributed by atoms with Crippen LogP contribution < -0.4 is 16.4 Å². The molecule has 3 atom stereocenters. The first-order valence-corrected chi connectivity index (χ1v) is 10.5. The number of hydrogen-bond donors (Lipinski definition) is 3. The molecule has 1 amide bonds. The molecule has 4 N–H and O–H groups in total. The Morgan fingerprint density at radius 3 is 2.69 bits per heavy atom. The van der Waals surface area contributed by atoms with Crippen molar-refractivity contribution in [3.8, 4) is 0 Å². The Morgan fingerprint density at radius 1 is 1.14 bits per heavy atom. The highest BCUT2D eigenvalue weighted by Gasteiger charge is 2.55. The van der Waals surface area contributed by atoms with E-state index >= 15 is 0 Å². The van der Waals surface area contributed by atoms with E-state index in [2.05, 4.69) is 41.0 Å². The lowest BCUT2D eigenvalue weighted by molar-refractivity contribution is -0.111. The second-order valence-corrected chi connectivity index (χ2v) is 8.69. The summed E-state index contributed by atoms with van der Waals surface area (Å²) in [7, 11) is 0. The molecule has 4 aliphatic rings. The van der Waals surface area contributed by atoms with Crippen molar-refractivity contribution in [1.29, 1.82) is 0 Å². The fourth-order valence-corrected chi connectivity index (χ4v) is 5.35. The Bertz CT molecular complexity index is 991. The van der Waals surface area contributed by atoms with Gasteiger partial charge in [0.2, 0.25) is 5.91 Å². The SMILES string of the molecule is Nc1ccccc1NC(=O)/C=C/c1ccc(CNC23CC4CC=C2C(C4)C3)cc1. The average molecular weight is 386 g/mol. The van der Waals surface area contributed by atoms with Crippen molar-refractivity contribution in [2.24, 2.45) is 11.8 Å². The number of fused-ring (bicyclic) bond motifs is 1. The molecule has 2 aromatic rings. The van der Waals surface area contributed by atoms with Gasteiger partial charge in [-0.25, -0.2) is 0 Å². The van der Waals surface area contributed by atoms with Crippen molar-refractivity contribution in [3.05, 3.63) is 77.4 Å². The molecular weight excluding hydrogens is 358 g/mol. The minimum absolute atomic E-state index is 0.187. The highest BCUT2D eigenvalue weighted by molar-refractivity contribution is 6.03. The van der Waals surface area contributed by atoms with Gasteiger partial charge in [-0.05, 0) is 66.9 Å². The first-order valence-electron chi connectivity index (χ1n) is 10.5. The standard InChI is InChI=1S/C25H27N3O/c26-22-3-1-2-4-23(22)28-24(29)12-10-17-5-7-18(8-6-17)16-27-25-14-19-9-11-21(25)20(13-19)15-25/h1-8,10-12,19-20,27H,9,13-16,26H2,(H,28,29)/b12-10+. The van der Waals surface area contributed by atoms with Gasteiger partial charge in [0, 0.05) is 18.2 Å². The summed E-state index contributed by atoms with van der Waals surface area (Å²) in [6.45, 7) is 0.897. The number of amides is 1. The van der Waals surface area contributed by atoms with Gasteiger partial charge in [0.05, 0.1) is 11.4 Å². The van der Waals surface area contributed by atoms with Crippen LogP contribution in [0.5, 0.6) is 0 Å². The van der Waals surface area contributed by atoms with E-state index in [1.165, 1.54) is 31.2 Å². The molecule has 6 rings (SSSR count). The molecular formula is C25H27N3O. The fourth-order valence-electron chi connectivity index (χ4n) is 5.35. The van der Waals surface area contributed by atoms with Crippen LogP contribution in [0.25, 0.3) is 6.08 Å². The monoisotopic (exact) mass is 385 g/mol. The largest absolute Gasteiger partial charge is 0.397 e. The van der Waals surface area contributed by atoms with Crippen molar-refractivity contribution in [2.75, 3.05) is 11.1 Å². The van der Waals surface area contributed by atoms with Crippen LogP contribution in [0.1, 0.15) is 36.8 Å². The summed E-state index contributed by atoms with van der Waals surface area (Å²) in [6.07, 6.45) is 11.2. The molecule has 0 radical (unpaired) electrons. The van der Waals surface area contributed by atoms with Crippen molar-refractivity contribution >= 4 is 23.4 Å². The van der Waals surface area contributed by atoms with Gasteiger partial charge in [0.1, 0.15) is 0 Å².